The van der Waals surface area contributed by atoms with E-state index in [4.69, 9.17) is 11.6 Å². The minimum atomic E-state index is -0.974. The topological polar surface area (TPSA) is 96.3 Å². The molecule has 1 unspecified atom stereocenters. The molecular formula is C22H12ClFN4O3S. The van der Waals surface area contributed by atoms with Gasteiger partial charge in [0, 0.05) is 30.4 Å². The summed E-state index contributed by atoms with van der Waals surface area (Å²) in [5.74, 6) is -2.67. The number of carbonyl (C=O) groups excluding carboxylic acids is 2. The fraction of sp³-hybridized carbons (Fsp3) is 0.0455. The van der Waals surface area contributed by atoms with Crippen LogP contribution in [0.4, 0.5) is 9.52 Å². The molecule has 4 heterocycles. The molecule has 0 aliphatic carbocycles. The molecule has 0 bridgehead atoms. The highest BCUT2D eigenvalue weighted by Crippen LogP contribution is 2.44. The van der Waals surface area contributed by atoms with E-state index in [1.165, 1.54) is 47.8 Å². The predicted octanol–water partition coefficient (Wildman–Crippen LogP) is 4.51. The number of carbonyl (C=O) groups is 2. The average molecular weight is 467 g/mol. The fourth-order valence-corrected chi connectivity index (χ4v) is 4.72. The molecule has 3 aromatic heterocycles. The highest BCUT2D eigenvalue weighted by atomic mass is 35.5. The number of thiazole rings is 1. The number of rotatable bonds is 3. The first kappa shape index (κ1) is 20.2. The Morgan fingerprint density at radius 2 is 1.91 bits per heavy atom. The minimum Gasteiger partial charge on any atom is -0.507 e. The molecule has 4 aromatic rings. The number of Topliss-reactive ketones (excluding diaryl/α,β-unsaturated/α-hetero) is 1. The molecule has 0 spiro atoms. The molecule has 10 heteroatoms. The van der Waals surface area contributed by atoms with E-state index in [0.717, 1.165) is 11.3 Å². The Morgan fingerprint density at radius 3 is 2.62 bits per heavy atom. The highest BCUT2D eigenvalue weighted by Gasteiger charge is 2.48. The summed E-state index contributed by atoms with van der Waals surface area (Å²) in [6.07, 6.45) is 6.00. The number of hydrogen-bond donors (Lipinski definition) is 1. The summed E-state index contributed by atoms with van der Waals surface area (Å²) in [4.78, 5) is 39.8. The molecule has 1 aromatic carbocycles. The maximum absolute atomic E-state index is 13.9. The molecule has 0 saturated carbocycles. The zero-order chi connectivity index (χ0) is 22.4. The van der Waals surface area contributed by atoms with Crippen molar-refractivity contribution in [3.8, 4) is 0 Å². The third-order valence-electron chi connectivity index (χ3n) is 5.02. The number of ketones is 1. The van der Waals surface area contributed by atoms with E-state index in [9.17, 15) is 19.1 Å². The molecule has 1 amide bonds. The van der Waals surface area contributed by atoms with Gasteiger partial charge in [-0.1, -0.05) is 29.0 Å². The number of aliphatic hydroxyl groups is 1. The molecule has 1 fully saturated rings. The lowest BCUT2D eigenvalue weighted by atomic mass is 9.97. The average Bonchev–Trinajstić information content (AvgIpc) is 3.32. The molecule has 1 N–H and O–H groups in total. The van der Waals surface area contributed by atoms with E-state index in [1.807, 2.05) is 0 Å². The van der Waals surface area contributed by atoms with Crippen LogP contribution in [-0.2, 0) is 9.59 Å². The Labute approximate surface area is 189 Å². The Morgan fingerprint density at radius 1 is 1.12 bits per heavy atom. The van der Waals surface area contributed by atoms with Crippen LogP contribution in [0, 0.1) is 5.82 Å². The van der Waals surface area contributed by atoms with Gasteiger partial charge in [-0.05, 0) is 35.9 Å². The first-order valence-electron chi connectivity index (χ1n) is 9.32. The number of fused-ring (bicyclic) bond motifs is 1. The third-order valence-corrected chi connectivity index (χ3v) is 6.33. The quantitative estimate of drug-likeness (QED) is 0.271. The van der Waals surface area contributed by atoms with E-state index in [0.29, 0.717) is 21.3 Å². The van der Waals surface area contributed by atoms with E-state index >= 15 is 0 Å². The van der Waals surface area contributed by atoms with Crippen molar-refractivity contribution in [2.24, 2.45) is 0 Å². The smallest absolute Gasteiger partial charge is 0.301 e. The summed E-state index contributed by atoms with van der Waals surface area (Å²) in [5.41, 5.74) is 1.13. The standard InChI is InChI=1S/C22H12ClFN4O3S/c23-13-8-15-16(9-14(13)24)32-22(27-15)28-18(12-2-1-5-26-10-12)17(20(30)21(28)31)19(29)11-3-6-25-7-4-11/h1-10,18,29H/b19-17+. The third kappa shape index (κ3) is 3.22. The van der Waals surface area contributed by atoms with Gasteiger partial charge in [0.15, 0.2) is 5.13 Å². The fourth-order valence-electron chi connectivity index (χ4n) is 3.56. The lowest BCUT2D eigenvalue weighted by Crippen LogP contribution is -2.29. The maximum Gasteiger partial charge on any atom is 0.301 e. The summed E-state index contributed by atoms with van der Waals surface area (Å²) in [6.45, 7) is 0. The number of amides is 1. The molecule has 1 saturated heterocycles. The molecule has 1 atom stereocenters. The number of halogens is 2. The second-order valence-electron chi connectivity index (χ2n) is 6.92. The second kappa shape index (κ2) is 7.77. The number of aliphatic hydroxyl groups excluding tert-OH is 1. The van der Waals surface area contributed by atoms with Crippen molar-refractivity contribution in [3.63, 3.8) is 0 Å². The molecular weight excluding hydrogens is 455 g/mol. The first-order chi connectivity index (χ1) is 15.5. The Balaban J connectivity index is 1.73. The van der Waals surface area contributed by atoms with E-state index in [2.05, 4.69) is 15.0 Å². The maximum atomic E-state index is 13.9. The normalized spacial score (nSPS) is 17.9. The van der Waals surface area contributed by atoms with Crippen LogP contribution in [-0.4, -0.2) is 31.7 Å². The predicted molar refractivity (Wildman–Crippen MR) is 118 cm³/mol. The van der Waals surface area contributed by atoms with Crippen LogP contribution in [0.1, 0.15) is 17.2 Å². The molecule has 7 nitrogen and oxygen atoms in total. The van der Waals surface area contributed by atoms with Crippen LogP contribution in [0.5, 0.6) is 0 Å². The summed E-state index contributed by atoms with van der Waals surface area (Å²) in [6, 6.07) is 8.04. The lowest BCUT2D eigenvalue weighted by Gasteiger charge is -2.22. The van der Waals surface area contributed by atoms with Crippen molar-refractivity contribution in [1.29, 1.82) is 0 Å². The van der Waals surface area contributed by atoms with Crippen molar-refractivity contribution in [2.45, 2.75) is 6.04 Å². The van der Waals surface area contributed by atoms with Crippen LogP contribution in [0.3, 0.4) is 0 Å². The Hall–Kier alpha value is -3.69. The van der Waals surface area contributed by atoms with Crippen molar-refractivity contribution in [2.75, 3.05) is 4.90 Å². The van der Waals surface area contributed by atoms with Crippen molar-refractivity contribution in [1.82, 2.24) is 15.0 Å². The second-order valence-corrected chi connectivity index (χ2v) is 8.34. The van der Waals surface area contributed by atoms with Crippen molar-refractivity contribution in [3.05, 3.63) is 88.7 Å². The molecule has 158 valence electrons. The highest BCUT2D eigenvalue weighted by molar-refractivity contribution is 7.22. The van der Waals surface area contributed by atoms with Gasteiger partial charge in [0.1, 0.15) is 11.6 Å². The van der Waals surface area contributed by atoms with Crippen LogP contribution >= 0.6 is 22.9 Å². The summed E-state index contributed by atoms with van der Waals surface area (Å²) in [5, 5.41) is 11.0. The van der Waals surface area contributed by atoms with E-state index in [1.54, 1.807) is 18.3 Å². The molecule has 0 radical (unpaired) electrons. The minimum absolute atomic E-state index is 0.0992. The number of anilines is 1. The number of benzene rings is 1. The van der Waals surface area contributed by atoms with Gasteiger partial charge in [0.2, 0.25) is 0 Å². The molecule has 32 heavy (non-hydrogen) atoms. The van der Waals surface area contributed by atoms with Crippen molar-refractivity contribution >= 4 is 55.7 Å². The van der Waals surface area contributed by atoms with E-state index < -0.39 is 23.5 Å². The molecule has 5 rings (SSSR count). The van der Waals surface area contributed by atoms with Crippen LogP contribution < -0.4 is 4.90 Å². The number of hydrogen-bond acceptors (Lipinski definition) is 7. The molecule has 1 aliphatic heterocycles. The SMILES string of the molecule is O=C1C(=O)N(c2nc3cc(Cl)c(F)cc3s2)C(c2cccnc2)/C1=C(\O)c1ccncc1. The van der Waals surface area contributed by atoms with Gasteiger partial charge >= 0.3 is 5.91 Å². The van der Waals surface area contributed by atoms with Gasteiger partial charge in [-0.15, -0.1) is 0 Å². The monoisotopic (exact) mass is 466 g/mol. The number of nitrogens with zero attached hydrogens (tertiary/aromatic N) is 4. The van der Waals surface area contributed by atoms with Gasteiger partial charge in [-0.25, -0.2) is 9.37 Å². The Kier molecular flexibility index (Phi) is 4.91. The summed E-state index contributed by atoms with van der Waals surface area (Å²) in [7, 11) is 0. The largest absolute Gasteiger partial charge is 0.507 e. The van der Waals surface area contributed by atoms with E-state index in [-0.39, 0.29) is 21.5 Å². The van der Waals surface area contributed by atoms with Gasteiger partial charge in [0.25, 0.3) is 5.78 Å². The van der Waals surface area contributed by atoms with Gasteiger partial charge < -0.3 is 5.11 Å². The zero-order valence-corrected chi connectivity index (χ0v) is 17.6. The van der Waals surface area contributed by atoms with Gasteiger partial charge in [-0.2, -0.15) is 0 Å². The number of aromatic nitrogens is 3. The summed E-state index contributed by atoms with van der Waals surface area (Å²) < 4.78 is 14.4. The molecule has 1 aliphatic rings. The van der Waals surface area contributed by atoms with Crippen LogP contribution in [0.2, 0.25) is 5.02 Å². The number of pyridine rings is 2. The van der Waals surface area contributed by atoms with Crippen LogP contribution in [0.15, 0.2) is 66.8 Å². The van der Waals surface area contributed by atoms with Gasteiger partial charge in [-0.3, -0.25) is 24.5 Å². The van der Waals surface area contributed by atoms with Crippen molar-refractivity contribution < 1.29 is 19.1 Å². The van der Waals surface area contributed by atoms with Gasteiger partial charge in [0.05, 0.1) is 26.9 Å². The Bertz CT molecular complexity index is 1370. The first-order valence-corrected chi connectivity index (χ1v) is 10.5. The summed E-state index contributed by atoms with van der Waals surface area (Å²) >= 11 is 6.91. The van der Waals surface area contributed by atoms with Crippen LogP contribution in [0.25, 0.3) is 16.0 Å². The zero-order valence-electron chi connectivity index (χ0n) is 16.1. The lowest BCUT2D eigenvalue weighted by molar-refractivity contribution is -0.132.